The number of alkyl halides is 1. The van der Waals surface area contributed by atoms with Crippen LogP contribution in [-0.2, 0) is 6.42 Å². The van der Waals surface area contributed by atoms with Crippen molar-refractivity contribution in [3.8, 4) is 5.75 Å². The summed E-state index contributed by atoms with van der Waals surface area (Å²) in [5, 5.41) is 4.03. The molecule has 0 spiro atoms. The molecule has 4 nitrogen and oxygen atoms in total. The number of aromatic nitrogens is 1. The summed E-state index contributed by atoms with van der Waals surface area (Å²) in [5.41, 5.74) is 2.16. The number of nitrogens with zero attached hydrogens (tertiary/aromatic N) is 1. The number of fused-ring (bicyclic) bond motifs is 1. The van der Waals surface area contributed by atoms with E-state index in [-0.39, 0.29) is 0 Å². The number of carbonyl (C=O) groups is 1. The smallest absolute Gasteiger partial charge is 0.408 e. The molecule has 0 aliphatic heterocycles. The van der Waals surface area contributed by atoms with Crippen LogP contribution in [0.25, 0.3) is 10.9 Å². The first kappa shape index (κ1) is 16.6. The van der Waals surface area contributed by atoms with Gasteiger partial charge in [0.05, 0.1) is 5.02 Å². The highest BCUT2D eigenvalue weighted by Crippen LogP contribution is 2.30. The fraction of sp³-hybridized carbons (Fsp3) is 0.111. The number of halogens is 2. The van der Waals surface area contributed by atoms with Gasteiger partial charge in [0.2, 0.25) is 0 Å². The van der Waals surface area contributed by atoms with E-state index in [9.17, 15) is 4.79 Å². The Morgan fingerprint density at radius 1 is 1.12 bits per heavy atom. The van der Waals surface area contributed by atoms with E-state index in [1.54, 1.807) is 30.5 Å². The van der Waals surface area contributed by atoms with Crippen molar-refractivity contribution in [1.82, 2.24) is 4.98 Å². The summed E-state index contributed by atoms with van der Waals surface area (Å²) in [7, 11) is 0. The maximum Gasteiger partial charge on any atom is 0.417 e. The maximum atomic E-state index is 12.2. The number of hydrogen-bond donors (Lipinski definition) is 1. The van der Waals surface area contributed by atoms with Crippen LogP contribution in [0.1, 0.15) is 5.56 Å². The van der Waals surface area contributed by atoms with Crippen molar-refractivity contribution in [2.75, 3.05) is 11.2 Å². The number of nitrogens with one attached hydrogen (secondary N) is 1. The van der Waals surface area contributed by atoms with E-state index < -0.39 is 6.09 Å². The summed E-state index contributed by atoms with van der Waals surface area (Å²) in [6.07, 6.45) is 1.69. The van der Waals surface area contributed by atoms with Gasteiger partial charge in [-0.1, -0.05) is 29.8 Å². The predicted molar refractivity (Wildman–Crippen MR) is 97.3 cm³/mol. The van der Waals surface area contributed by atoms with E-state index in [1.165, 1.54) is 0 Å². The topological polar surface area (TPSA) is 51.2 Å². The van der Waals surface area contributed by atoms with Crippen LogP contribution in [-0.4, -0.2) is 17.0 Å². The lowest BCUT2D eigenvalue weighted by atomic mass is 10.1. The molecule has 0 atom stereocenters. The van der Waals surface area contributed by atoms with Crippen molar-refractivity contribution in [2.24, 2.45) is 0 Å². The number of rotatable bonds is 4. The largest absolute Gasteiger partial charge is 0.417 e. The molecule has 1 amide bonds. The van der Waals surface area contributed by atoms with Crippen LogP contribution in [0, 0.1) is 0 Å². The van der Waals surface area contributed by atoms with Gasteiger partial charge < -0.3 is 4.74 Å². The van der Waals surface area contributed by atoms with E-state index in [0.29, 0.717) is 34.3 Å². The number of anilines is 1. The van der Waals surface area contributed by atoms with E-state index >= 15 is 0 Å². The van der Waals surface area contributed by atoms with E-state index in [1.807, 2.05) is 24.3 Å². The Morgan fingerprint density at radius 3 is 2.79 bits per heavy atom. The monoisotopic (exact) mass is 360 g/mol. The van der Waals surface area contributed by atoms with Gasteiger partial charge in [-0.15, -0.1) is 11.6 Å². The summed E-state index contributed by atoms with van der Waals surface area (Å²) < 4.78 is 5.42. The van der Waals surface area contributed by atoms with Crippen LogP contribution in [0.2, 0.25) is 5.02 Å². The molecule has 6 heteroatoms. The zero-order valence-corrected chi connectivity index (χ0v) is 14.1. The molecule has 1 heterocycles. The molecule has 122 valence electrons. The summed E-state index contributed by atoms with van der Waals surface area (Å²) in [5.74, 6) is 0.821. The third-order valence-corrected chi connectivity index (χ3v) is 4.02. The van der Waals surface area contributed by atoms with Gasteiger partial charge in [-0.05, 0) is 42.3 Å². The molecule has 1 N–H and O–H groups in total. The minimum atomic E-state index is -0.591. The van der Waals surface area contributed by atoms with Gasteiger partial charge in [-0.25, -0.2) is 4.79 Å². The zero-order valence-electron chi connectivity index (χ0n) is 12.6. The molecule has 0 aliphatic carbocycles. The fourth-order valence-corrected chi connectivity index (χ4v) is 2.81. The average molecular weight is 361 g/mol. The second-order valence-electron chi connectivity index (χ2n) is 5.06. The molecular weight excluding hydrogens is 347 g/mol. The van der Waals surface area contributed by atoms with E-state index in [0.717, 1.165) is 10.9 Å². The molecule has 3 rings (SSSR count). The van der Waals surface area contributed by atoms with Crippen LogP contribution in [0.3, 0.4) is 0 Å². The highest BCUT2D eigenvalue weighted by molar-refractivity contribution is 6.35. The van der Waals surface area contributed by atoms with E-state index in [4.69, 9.17) is 27.9 Å². The number of para-hydroxylation sites is 1. The van der Waals surface area contributed by atoms with Crippen molar-refractivity contribution in [2.45, 2.75) is 6.42 Å². The number of ether oxygens (including phenoxy) is 1. The van der Waals surface area contributed by atoms with Crippen molar-refractivity contribution in [3.63, 3.8) is 0 Å². The summed E-state index contributed by atoms with van der Waals surface area (Å²) >= 11 is 11.9. The van der Waals surface area contributed by atoms with Gasteiger partial charge >= 0.3 is 6.09 Å². The summed E-state index contributed by atoms with van der Waals surface area (Å²) in [6.45, 7) is 0. The maximum absolute atomic E-state index is 12.2. The number of amides is 1. The Kier molecular flexibility index (Phi) is 5.18. The number of pyridine rings is 1. The fourth-order valence-electron chi connectivity index (χ4n) is 2.39. The number of carbonyl (C=O) groups excluding carboxylic acids is 1. The van der Waals surface area contributed by atoms with Gasteiger partial charge in [0.25, 0.3) is 0 Å². The van der Waals surface area contributed by atoms with Crippen LogP contribution in [0.4, 0.5) is 10.5 Å². The SMILES string of the molecule is O=C(Nc1ccccc1CCCl)Oc1ccc(Cl)c2cccnc12. The van der Waals surface area contributed by atoms with Crippen molar-refractivity contribution < 1.29 is 9.53 Å². The molecule has 1 aromatic heterocycles. The average Bonchev–Trinajstić information content (AvgIpc) is 2.60. The lowest BCUT2D eigenvalue weighted by Gasteiger charge is -2.11. The molecule has 3 aromatic rings. The Balaban J connectivity index is 1.83. The molecule has 0 unspecified atom stereocenters. The Morgan fingerprint density at radius 2 is 1.96 bits per heavy atom. The molecule has 0 bridgehead atoms. The molecule has 0 radical (unpaired) electrons. The van der Waals surface area contributed by atoms with E-state index in [2.05, 4.69) is 10.3 Å². The molecule has 0 saturated carbocycles. The standard InChI is InChI=1S/C18H14Cl2N2O2/c19-10-9-12-4-1-2-6-15(12)22-18(23)24-16-8-7-14(20)13-5-3-11-21-17(13)16/h1-8,11H,9-10H2,(H,22,23). The summed E-state index contributed by atoms with van der Waals surface area (Å²) in [4.78, 5) is 16.5. The Labute approximate surface area is 149 Å². The van der Waals surface area contributed by atoms with Gasteiger partial charge in [0.15, 0.2) is 5.75 Å². The minimum absolute atomic E-state index is 0.349. The lowest BCUT2D eigenvalue weighted by Crippen LogP contribution is -2.18. The Hall–Kier alpha value is -2.30. The molecule has 0 aliphatic rings. The first-order valence-corrected chi connectivity index (χ1v) is 8.26. The van der Waals surface area contributed by atoms with Crippen LogP contribution < -0.4 is 10.1 Å². The molecular formula is C18H14Cl2N2O2. The van der Waals surface area contributed by atoms with Crippen molar-refractivity contribution in [3.05, 3.63) is 65.3 Å². The number of hydrogen-bond acceptors (Lipinski definition) is 3. The van der Waals surface area contributed by atoms with Crippen LogP contribution >= 0.6 is 23.2 Å². The molecule has 2 aromatic carbocycles. The van der Waals surface area contributed by atoms with Crippen LogP contribution in [0.5, 0.6) is 5.75 Å². The van der Waals surface area contributed by atoms with Gasteiger partial charge in [0, 0.05) is 23.2 Å². The predicted octanol–water partition coefficient (Wildman–Crippen LogP) is 5.28. The third-order valence-electron chi connectivity index (χ3n) is 3.50. The quantitative estimate of drug-likeness (QED) is 0.643. The van der Waals surface area contributed by atoms with Crippen molar-refractivity contribution >= 4 is 45.9 Å². The lowest BCUT2D eigenvalue weighted by molar-refractivity contribution is 0.215. The number of benzene rings is 2. The first-order chi connectivity index (χ1) is 11.7. The Bertz CT molecular complexity index is 884. The molecule has 24 heavy (non-hydrogen) atoms. The normalized spacial score (nSPS) is 10.6. The second-order valence-corrected chi connectivity index (χ2v) is 5.84. The van der Waals surface area contributed by atoms with Crippen molar-refractivity contribution in [1.29, 1.82) is 0 Å². The molecule has 0 saturated heterocycles. The van der Waals surface area contributed by atoms with Gasteiger partial charge in [-0.3, -0.25) is 10.3 Å². The highest BCUT2D eigenvalue weighted by atomic mass is 35.5. The zero-order chi connectivity index (χ0) is 16.9. The number of aryl methyl sites for hydroxylation is 1. The van der Waals surface area contributed by atoms with Gasteiger partial charge in [-0.2, -0.15) is 0 Å². The second kappa shape index (κ2) is 7.51. The third kappa shape index (κ3) is 3.61. The van der Waals surface area contributed by atoms with Crippen LogP contribution in [0.15, 0.2) is 54.7 Å². The summed E-state index contributed by atoms with van der Waals surface area (Å²) in [6, 6.07) is 14.4. The van der Waals surface area contributed by atoms with Gasteiger partial charge in [0.1, 0.15) is 5.52 Å². The molecule has 0 fully saturated rings. The first-order valence-electron chi connectivity index (χ1n) is 7.35. The highest BCUT2D eigenvalue weighted by Gasteiger charge is 2.12. The minimum Gasteiger partial charge on any atom is -0.408 e.